The SMILES string of the molecule is CCCOc1ccc2ncc(Br)c(Cl)c2c1. The number of nitrogens with zero attached hydrogens (tertiary/aromatic N) is 1. The van der Waals surface area contributed by atoms with Gasteiger partial charge in [0.05, 0.1) is 21.6 Å². The topological polar surface area (TPSA) is 22.1 Å². The minimum atomic E-state index is 0.673. The molecule has 0 atom stereocenters. The number of hydrogen-bond acceptors (Lipinski definition) is 2. The zero-order chi connectivity index (χ0) is 11.5. The van der Waals surface area contributed by atoms with Crippen LogP contribution < -0.4 is 4.74 Å². The largest absolute Gasteiger partial charge is 0.494 e. The summed E-state index contributed by atoms with van der Waals surface area (Å²) in [4.78, 5) is 4.28. The summed E-state index contributed by atoms with van der Waals surface area (Å²) in [6.45, 7) is 2.79. The summed E-state index contributed by atoms with van der Waals surface area (Å²) in [5.41, 5.74) is 0.872. The maximum Gasteiger partial charge on any atom is 0.120 e. The molecule has 0 radical (unpaired) electrons. The van der Waals surface area contributed by atoms with E-state index in [0.717, 1.165) is 27.5 Å². The van der Waals surface area contributed by atoms with Gasteiger partial charge in [0.1, 0.15) is 5.75 Å². The Bertz CT molecular complexity index is 516. The second-order valence-corrected chi connectivity index (χ2v) is 4.68. The third-order valence-corrected chi connectivity index (χ3v) is 3.44. The average molecular weight is 301 g/mol. The van der Waals surface area contributed by atoms with E-state index < -0.39 is 0 Å². The van der Waals surface area contributed by atoms with Gasteiger partial charge in [-0.15, -0.1) is 0 Å². The Hall–Kier alpha value is -0.800. The van der Waals surface area contributed by atoms with Crippen molar-refractivity contribution in [3.63, 3.8) is 0 Å². The van der Waals surface area contributed by atoms with E-state index in [1.807, 2.05) is 18.2 Å². The third kappa shape index (κ3) is 2.30. The molecule has 2 nitrogen and oxygen atoms in total. The molecule has 84 valence electrons. The highest BCUT2D eigenvalue weighted by Gasteiger charge is 2.05. The Kier molecular flexibility index (Phi) is 3.66. The molecule has 0 amide bonds. The number of ether oxygens (including phenoxy) is 1. The fourth-order valence-electron chi connectivity index (χ4n) is 1.42. The fraction of sp³-hybridized carbons (Fsp3) is 0.250. The van der Waals surface area contributed by atoms with Crippen LogP contribution in [0.25, 0.3) is 10.9 Å². The lowest BCUT2D eigenvalue weighted by Crippen LogP contribution is -1.94. The van der Waals surface area contributed by atoms with E-state index in [1.54, 1.807) is 6.20 Å². The Morgan fingerprint density at radius 3 is 3.00 bits per heavy atom. The molecule has 0 N–H and O–H groups in total. The molecule has 2 aromatic rings. The van der Waals surface area contributed by atoms with Gasteiger partial charge in [-0.05, 0) is 40.5 Å². The van der Waals surface area contributed by atoms with Crippen molar-refractivity contribution in [3.05, 3.63) is 33.9 Å². The third-order valence-electron chi connectivity index (χ3n) is 2.20. The standard InChI is InChI=1S/C12H11BrClNO/c1-2-5-16-8-3-4-11-9(6-8)12(14)10(13)7-15-11/h3-4,6-7H,2,5H2,1H3. The summed E-state index contributed by atoms with van der Waals surface area (Å²) in [6.07, 6.45) is 2.69. The predicted octanol–water partition coefficient (Wildman–Crippen LogP) is 4.44. The number of fused-ring (bicyclic) bond motifs is 1. The van der Waals surface area contributed by atoms with Gasteiger partial charge in [-0.25, -0.2) is 0 Å². The summed E-state index contributed by atoms with van der Waals surface area (Å²) in [5.74, 6) is 0.830. The molecule has 0 aliphatic rings. The van der Waals surface area contributed by atoms with E-state index in [0.29, 0.717) is 11.6 Å². The quantitative estimate of drug-likeness (QED) is 0.836. The van der Waals surface area contributed by atoms with Crippen LogP contribution in [-0.4, -0.2) is 11.6 Å². The number of hydrogen-bond donors (Lipinski definition) is 0. The van der Waals surface area contributed by atoms with Gasteiger partial charge in [-0.3, -0.25) is 4.98 Å². The molecule has 0 aliphatic heterocycles. The van der Waals surface area contributed by atoms with E-state index in [4.69, 9.17) is 16.3 Å². The number of pyridine rings is 1. The highest BCUT2D eigenvalue weighted by atomic mass is 79.9. The van der Waals surface area contributed by atoms with Crippen molar-refractivity contribution < 1.29 is 4.74 Å². The van der Waals surface area contributed by atoms with E-state index in [9.17, 15) is 0 Å². The lowest BCUT2D eigenvalue weighted by molar-refractivity contribution is 0.318. The zero-order valence-corrected chi connectivity index (χ0v) is 11.2. The molecule has 0 unspecified atom stereocenters. The summed E-state index contributed by atoms with van der Waals surface area (Å²) >= 11 is 9.55. The normalized spacial score (nSPS) is 10.7. The second-order valence-electron chi connectivity index (χ2n) is 3.45. The molecule has 2 rings (SSSR count). The van der Waals surface area contributed by atoms with Crippen LogP contribution in [0, 0.1) is 0 Å². The summed E-state index contributed by atoms with van der Waals surface area (Å²) in [5, 5.41) is 1.58. The average Bonchev–Trinajstić information content (AvgIpc) is 2.31. The molecular weight excluding hydrogens is 289 g/mol. The van der Waals surface area contributed by atoms with Crippen LogP contribution in [0.4, 0.5) is 0 Å². The molecule has 1 aromatic carbocycles. The fourth-order valence-corrected chi connectivity index (χ4v) is 1.94. The monoisotopic (exact) mass is 299 g/mol. The second kappa shape index (κ2) is 5.02. The van der Waals surface area contributed by atoms with Crippen molar-refractivity contribution in [2.24, 2.45) is 0 Å². The van der Waals surface area contributed by atoms with Gasteiger partial charge in [-0.1, -0.05) is 18.5 Å². The van der Waals surface area contributed by atoms with Gasteiger partial charge < -0.3 is 4.74 Å². The lowest BCUT2D eigenvalue weighted by Gasteiger charge is -2.07. The number of benzene rings is 1. The molecule has 1 heterocycles. The minimum Gasteiger partial charge on any atom is -0.494 e. The molecule has 0 saturated carbocycles. The summed E-state index contributed by atoms with van der Waals surface area (Å²) < 4.78 is 6.36. The van der Waals surface area contributed by atoms with Crippen molar-refractivity contribution in [2.45, 2.75) is 13.3 Å². The van der Waals surface area contributed by atoms with Crippen molar-refractivity contribution in [2.75, 3.05) is 6.61 Å². The van der Waals surface area contributed by atoms with Gasteiger partial charge in [0.2, 0.25) is 0 Å². The first kappa shape index (κ1) is 11.7. The van der Waals surface area contributed by atoms with Crippen LogP contribution >= 0.6 is 27.5 Å². The highest BCUT2D eigenvalue weighted by Crippen LogP contribution is 2.31. The molecule has 0 spiro atoms. The van der Waals surface area contributed by atoms with Crippen LogP contribution in [-0.2, 0) is 0 Å². The number of aromatic nitrogens is 1. The van der Waals surface area contributed by atoms with Crippen molar-refractivity contribution in [1.29, 1.82) is 0 Å². The summed E-state index contributed by atoms with van der Waals surface area (Å²) in [7, 11) is 0. The van der Waals surface area contributed by atoms with Crippen LogP contribution in [0.15, 0.2) is 28.9 Å². The Labute approximate surface area is 108 Å². The smallest absolute Gasteiger partial charge is 0.120 e. The molecule has 0 aliphatic carbocycles. The summed E-state index contributed by atoms with van der Waals surface area (Å²) in [6, 6.07) is 5.75. The van der Waals surface area contributed by atoms with Gasteiger partial charge in [-0.2, -0.15) is 0 Å². The van der Waals surface area contributed by atoms with Crippen LogP contribution in [0.5, 0.6) is 5.75 Å². The van der Waals surface area contributed by atoms with E-state index in [2.05, 4.69) is 27.8 Å². The number of halogens is 2. The molecule has 0 bridgehead atoms. The first-order valence-electron chi connectivity index (χ1n) is 5.09. The Morgan fingerprint density at radius 2 is 2.25 bits per heavy atom. The Morgan fingerprint density at radius 1 is 1.44 bits per heavy atom. The highest BCUT2D eigenvalue weighted by molar-refractivity contribution is 9.10. The molecule has 0 fully saturated rings. The van der Waals surface area contributed by atoms with Crippen LogP contribution in [0.2, 0.25) is 5.02 Å². The maximum atomic E-state index is 6.19. The molecule has 0 saturated heterocycles. The molecule has 16 heavy (non-hydrogen) atoms. The lowest BCUT2D eigenvalue weighted by atomic mass is 10.2. The van der Waals surface area contributed by atoms with Crippen molar-refractivity contribution in [3.8, 4) is 5.75 Å². The van der Waals surface area contributed by atoms with Gasteiger partial charge in [0.15, 0.2) is 0 Å². The minimum absolute atomic E-state index is 0.673. The van der Waals surface area contributed by atoms with Crippen LogP contribution in [0.1, 0.15) is 13.3 Å². The van der Waals surface area contributed by atoms with E-state index >= 15 is 0 Å². The first-order valence-corrected chi connectivity index (χ1v) is 6.26. The van der Waals surface area contributed by atoms with E-state index in [1.165, 1.54) is 0 Å². The van der Waals surface area contributed by atoms with Crippen molar-refractivity contribution >= 4 is 38.4 Å². The zero-order valence-electron chi connectivity index (χ0n) is 8.84. The maximum absolute atomic E-state index is 6.19. The van der Waals surface area contributed by atoms with Crippen molar-refractivity contribution in [1.82, 2.24) is 4.98 Å². The Balaban J connectivity index is 2.47. The van der Waals surface area contributed by atoms with Gasteiger partial charge >= 0.3 is 0 Å². The van der Waals surface area contributed by atoms with Crippen LogP contribution in [0.3, 0.4) is 0 Å². The van der Waals surface area contributed by atoms with Gasteiger partial charge in [0.25, 0.3) is 0 Å². The first-order chi connectivity index (χ1) is 7.72. The number of rotatable bonds is 3. The van der Waals surface area contributed by atoms with E-state index in [-0.39, 0.29) is 0 Å². The molecular formula is C12H11BrClNO. The van der Waals surface area contributed by atoms with Gasteiger partial charge in [0, 0.05) is 11.6 Å². The molecule has 4 heteroatoms. The molecule has 1 aromatic heterocycles. The predicted molar refractivity (Wildman–Crippen MR) is 70.2 cm³/mol.